The minimum absolute atomic E-state index is 0.0386. The number of ether oxygens (including phenoxy) is 1. The van der Waals surface area contributed by atoms with E-state index in [0.717, 1.165) is 24.2 Å². The standard InChI is InChI=1S/C22H27NO2/c1-15-8-4-7-11-21(15)16(2)23-22(24)17(3)25-20-13-12-18-9-5-6-10-19(18)14-20/h4,7-8,11-14,16-17H,5-6,9-10H2,1-3H3,(H,23,24)/t16-,17+/m0/s1. The van der Waals surface area contributed by atoms with E-state index in [1.807, 2.05) is 25.1 Å². The van der Waals surface area contributed by atoms with Gasteiger partial charge >= 0.3 is 0 Å². The van der Waals surface area contributed by atoms with Crippen molar-refractivity contribution in [3.63, 3.8) is 0 Å². The monoisotopic (exact) mass is 337 g/mol. The summed E-state index contributed by atoms with van der Waals surface area (Å²) >= 11 is 0. The lowest BCUT2D eigenvalue weighted by molar-refractivity contribution is -0.127. The third-order valence-corrected chi connectivity index (χ3v) is 5.02. The van der Waals surface area contributed by atoms with E-state index in [2.05, 4.69) is 36.5 Å². The van der Waals surface area contributed by atoms with Crippen LogP contribution in [0.15, 0.2) is 42.5 Å². The van der Waals surface area contributed by atoms with E-state index in [4.69, 9.17) is 4.74 Å². The Hall–Kier alpha value is -2.29. The van der Waals surface area contributed by atoms with Crippen LogP contribution in [0.25, 0.3) is 0 Å². The maximum Gasteiger partial charge on any atom is 0.261 e. The Morgan fingerprint density at radius 2 is 1.76 bits per heavy atom. The molecule has 25 heavy (non-hydrogen) atoms. The van der Waals surface area contributed by atoms with Crippen LogP contribution in [0.3, 0.4) is 0 Å². The van der Waals surface area contributed by atoms with Crippen LogP contribution in [0.5, 0.6) is 5.75 Å². The number of aryl methyl sites for hydroxylation is 3. The summed E-state index contributed by atoms with van der Waals surface area (Å²) in [6.07, 6.45) is 4.24. The molecule has 2 aromatic rings. The molecule has 3 rings (SSSR count). The summed E-state index contributed by atoms with van der Waals surface area (Å²) in [5.41, 5.74) is 5.10. The van der Waals surface area contributed by atoms with Crippen molar-refractivity contribution in [2.75, 3.05) is 0 Å². The predicted molar refractivity (Wildman–Crippen MR) is 101 cm³/mol. The normalized spacial score (nSPS) is 15.8. The van der Waals surface area contributed by atoms with Crippen LogP contribution in [0.1, 0.15) is 55.0 Å². The predicted octanol–water partition coefficient (Wildman–Crippen LogP) is 4.52. The van der Waals surface area contributed by atoms with Crippen LogP contribution in [0.4, 0.5) is 0 Å². The Morgan fingerprint density at radius 1 is 1.04 bits per heavy atom. The lowest BCUT2D eigenvalue weighted by Gasteiger charge is -2.21. The Balaban J connectivity index is 1.62. The van der Waals surface area contributed by atoms with Crippen LogP contribution in [0, 0.1) is 6.92 Å². The first-order valence-electron chi connectivity index (χ1n) is 9.19. The number of nitrogens with one attached hydrogen (secondary N) is 1. The number of fused-ring (bicyclic) bond motifs is 1. The van der Waals surface area contributed by atoms with E-state index in [9.17, 15) is 4.79 Å². The molecule has 0 saturated carbocycles. The fourth-order valence-electron chi connectivity index (χ4n) is 3.52. The van der Waals surface area contributed by atoms with Gasteiger partial charge in [-0.2, -0.15) is 0 Å². The molecule has 0 saturated heterocycles. The topological polar surface area (TPSA) is 38.3 Å². The molecule has 1 amide bonds. The van der Waals surface area contributed by atoms with Gasteiger partial charge in [-0.1, -0.05) is 30.3 Å². The van der Waals surface area contributed by atoms with Crippen LogP contribution >= 0.6 is 0 Å². The maximum absolute atomic E-state index is 12.5. The number of amides is 1. The van der Waals surface area contributed by atoms with Gasteiger partial charge in [0.05, 0.1) is 6.04 Å². The van der Waals surface area contributed by atoms with Gasteiger partial charge in [-0.05, 0) is 80.8 Å². The third-order valence-electron chi connectivity index (χ3n) is 5.02. The second kappa shape index (κ2) is 7.73. The zero-order valence-corrected chi connectivity index (χ0v) is 15.3. The number of carbonyl (C=O) groups is 1. The summed E-state index contributed by atoms with van der Waals surface area (Å²) in [6.45, 7) is 5.87. The number of hydrogen-bond donors (Lipinski definition) is 1. The van der Waals surface area contributed by atoms with Crippen LogP contribution in [-0.4, -0.2) is 12.0 Å². The van der Waals surface area contributed by atoms with Gasteiger partial charge in [0.2, 0.25) is 0 Å². The Kier molecular flexibility index (Phi) is 5.42. The second-order valence-corrected chi connectivity index (χ2v) is 6.98. The van der Waals surface area contributed by atoms with E-state index in [1.54, 1.807) is 6.92 Å². The number of rotatable bonds is 5. The van der Waals surface area contributed by atoms with Crippen molar-refractivity contribution in [1.82, 2.24) is 5.32 Å². The minimum atomic E-state index is -0.520. The van der Waals surface area contributed by atoms with Gasteiger partial charge in [0.15, 0.2) is 6.10 Å². The summed E-state index contributed by atoms with van der Waals surface area (Å²) in [5, 5.41) is 3.06. The van der Waals surface area contributed by atoms with Crippen molar-refractivity contribution in [1.29, 1.82) is 0 Å². The van der Waals surface area contributed by atoms with Crippen LogP contribution in [0.2, 0.25) is 0 Å². The molecule has 0 aliphatic heterocycles. The van der Waals surface area contributed by atoms with E-state index in [-0.39, 0.29) is 11.9 Å². The summed E-state index contributed by atoms with van der Waals surface area (Å²) in [5.74, 6) is 0.695. The van der Waals surface area contributed by atoms with Gasteiger partial charge in [-0.25, -0.2) is 0 Å². The molecule has 0 unspecified atom stereocenters. The van der Waals surface area contributed by atoms with Crippen molar-refractivity contribution in [3.05, 3.63) is 64.7 Å². The Morgan fingerprint density at radius 3 is 2.52 bits per heavy atom. The first kappa shape index (κ1) is 17.5. The zero-order chi connectivity index (χ0) is 17.8. The molecule has 0 aromatic heterocycles. The first-order chi connectivity index (χ1) is 12.0. The average Bonchev–Trinajstić information content (AvgIpc) is 2.61. The molecule has 3 heteroatoms. The third kappa shape index (κ3) is 4.22. The largest absolute Gasteiger partial charge is 0.481 e. The molecule has 0 fully saturated rings. The van der Waals surface area contributed by atoms with Crippen molar-refractivity contribution in [2.24, 2.45) is 0 Å². The van der Waals surface area contributed by atoms with Crippen LogP contribution < -0.4 is 10.1 Å². The van der Waals surface area contributed by atoms with E-state index < -0.39 is 6.10 Å². The van der Waals surface area contributed by atoms with Crippen molar-refractivity contribution in [3.8, 4) is 5.75 Å². The van der Waals surface area contributed by atoms with Gasteiger partial charge < -0.3 is 10.1 Å². The SMILES string of the molecule is Cc1ccccc1[C@H](C)NC(=O)[C@@H](C)Oc1ccc2c(c1)CCCC2. The number of benzene rings is 2. The van der Waals surface area contributed by atoms with E-state index in [0.29, 0.717) is 0 Å². The summed E-state index contributed by atoms with van der Waals surface area (Å²) < 4.78 is 5.90. The Bertz CT molecular complexity index is 753. The van der Waals surface area contributed by atoms with E-state index >= 15 is 0 Å². The first-order valence-corrected chi connectivity index (χ1v) is 9.19. The number of carbonyl (C=O) groups excluding carboxylic acids is 1. The number of hydrogen-bond acceptors (Lipinski definition) is 2. The summed E-state index contributed by atoms with van der Waals surface area (Å²) in [7, 11) is 0. The van der Waals surface area contributed by atoms with Crippen molar-refractivity contribution >= 4 is 5.91 Å². The smallest absolute Gasteiger partial charge is 0.261 e. The molecular formula is C22H27NO2. The highest BCUT2D eigenvalue weighted by molar-refractivity contribution is 5.81. The molecule has 132 valence electrons. The highest BCUT2D eigenvalue weighted by Gasteiger charge is 2.19. The quantitative estimate of drug-likeness (QED) is 0.871. The average molecular weight is 337 g/mol. The van der Waals surface area contributed by atoms with E-state index in [1.165, 1.54) is 29.5 Å². The molecule has 2 aromatic carbocycles. The molecule has 2 atom stereocenters. The summed E-state index contributed by atoms with van der Waals surface area (Å²) in [4.78, 5) is 12.5. The molecule has 1 aliphatic rings. The maximum atomic E-state index is 12.5. The molecule has 1 N–H and O–H groups in total. The van der Waals surface area contributed by atoms with Gasteiger partial charge in [-0.3, -0.25) is 4.79 Å². The molecule has 0 radical (unpaired) electrons. The highest BCUT2D eigenvalue weighted by Crippen LogP contribution is 2.26. The molecule has 1 aliphatic carbocycles. The molecule has 3 nitrogen and oxygen atoms in total. The molecule has 0 bridgehead atoms. The molecule has 0 spiro atoms. The van der Waals surface area contributed by atoms with Crippen LogP contribution in [-0.2, 0) is 17.6 Å². The van der Waals surface area contributed by atoms with Crippen molar-refractivity contribution < 1.29 is 9.53 Å². The highest BCUT2D eigenvalue weighted by atomic mass is 16.5. The van der Waals surface area contributed by atoms with Gasteiger partial charge in [0.1, 0.15) is 5.75 Å². The zero-order valence-electron chi connectivity index (χ0n) is 15.3. The van der Waals surface area contributed by atoms with Crippen molar-refractivity contribution in [2.45, 2.75) is 58.6 Å². The lowest BCUT2D eigenvalue weighted by Crippen LogP contribution is -2.38. The fraction of sp³-hybridized carbons (Fsp3) is 0.409. The van der Waals surface area contributed by atoms with Gasteiger partial charge in [0.25, 0.3) is 5.91 Å². The molecule has 0 heterocycles. The lowest BCUT2D eigenvalue weighted by atomic mass is 9.92. The Labute approximate surface area is 150 Å². The second-order valence-electron chi connectivity index (χ2n) is 6.98. The summed E-state index contributed by atoms with van der Waals surface area (Å²) in [6, 6.07) is 14.3. The molecular weight excluding hydrogens is 310 g/mol. The van der Waals surface area contributed by atoms with Gasteiger partial charge in [0, 0.05) is 0 Å². The fourth-order valence-corrected chi connectivity index (χ4v) is 3.52. The minimum Gasteiger partial charge on any atom is -0.481 e. The van der Waals surface area contributed by atoms with Gasteiger partial charge in [-0.15, -0.1) is 0 Å².